The van der Waals surface area contributed by atoms with Crippen molar-refractivity contribution in [1.29, 1.82) is 0 Å². The summed E-state index contributed by atoms with van der Waals surface area (Å²) in [6.45, 7) is 5.09. The lowest BCUT2D eigenvalue weighted by Gasteiger charge is -2.34. The van der Waals surface area contributed by atoms with Gasteiger partial charge in [-0.1, -0.05) is 66.7 Å². The summed E-state index contributed by atoms with van der Waals surface area (Å²) < 4.78 is 29.2. The van der Waals surface area contributed by atoms with Crippen molar-refractivity contribution in [3.63, 3.8) is 0 Å². The molecule has 230 valence electrons. The monoisotopic (exact) mass is 663 g/mol. The number of nitrogens with one attached hydrogen (secondary N) is 1. The maximum atomic E-state index is 14.3. The molecule has 11 heteroatoms. The number of carbonyl (C=O) groups is 2. The molecular formula is C32H36Cl3N3O4S. The topological polar surface area (TPSA) is 86.8 Å². The van der Waals surface area contributed by atoms with Gasteiger partial charge < -0.3 is 10.2 Å². The molecule has 1 atom stereocenters. The van der Waals surface area contributed by atoms with Crippen LogP contribution < -0.4 is 9.62 Å². The number of benzene rings is 3. The number of halogens is 3. The smallest absolute Gasteiger partial charge is 0.264 e. The van der Waals surface area contributed by atoms with Crippen LogP contribution >= 0.6 is 34.8 Å². The van der Waals surface area contributed by atoms with Gasteiger partial charge in [0.25, 0.3) is 10.0 Å². The van der Waals surface area contributed by atoms with Gasteiger partial charge in [-0.2, -0.15) is 0 Å². The molecule has 0 spiro atoms. The molecule has 3 aromatic rings. The van der Waals surface area contributed by atoms with Crippen LogP contribution in [0.4, 0.5) is 5.69 Å². The van der Waals surface area contributed by atoms with Gasteiger partial charge >= 0.3 is 0 Å². The number of nitrogens with zero attached hydrogens (tertiary/aromatic N) is 2. The minimum atomic E-state index is -4.20. The lowest BCUT2D eigenvalue weighted by Crippen LogP contribution is -2.53. The largest absolute Gasteiger partial charge is 0.352 e. The molecule has 0 heterocycles. The molecule has 1 aliphatic rings. The van der Waals surface area contributed by atoms with Crippen molar-refractivity contribution in [1.82, 2.24) is 10.2 Å². The highest BCUT2D eigenvalue weighted by molar-refractivity contribution is 7.92. The molecule has 4 rings (SSSR count). The van der Waals surface area contributed by atoms with E-state index in [-0.39, 0.29) is 23.4 Å². The van der Waals surface area contributed by atoms with Gasteiger partial charge in [0.2, 0.25) is 11.8 Å². The molecule has 2 amide bonds. The summed E-state index contributed by atoms with van der Waals surface area (Å²) in [5.41, 5.74) is 2.77. The van der Waals surface area contributed by atoms with E-state index in [9.17, 15) is 18.0 Å². The van der Waals surface area contributed by atoms with Crippen molar-refractivity contribution in [3.05, 3.63) is 92.4 Å². The number of amides is 2. The first kappa shape index (κ1) is 33.1. The van der Waals surface area contributed by atoms with Gasteiger partial charge in [-0.05, 0) is 98.3 Å². The lowest BCUT2D eigenvalue weighted by atomic mass is 10.1. The molecule has 43 heavy (non-hydrogen) atoms. The standard InChI is InChI=1S/C32H36Cl3N3O4S/c1-4-30(32(40)36-26-7-5-6-8-26)37(19-23-10-11-25(34)18-29(23)35)31(39)20-38(27-14-9-21(2)22(3)17-27)43(41,42)28-15-12-24(33)13-16-28/h9-18,26,30H,4-8,19-20H2,1-3H3,(H,36,40)/t30-/m1/s1. The summed E-state index contributed by atoms with van der Waals surface area (Å²) >= 11 is 18.7. The second-order valence-corrected chi connectivity index (χ2v) is 14.0. The number of rotatable bonds is 11. The van der Waals surface area contributed by atoms with Gasteiger partial charge in [0, 0.05) is 27.7 Å². The van der Waals surface area contributed by atoms with Gasteiger partial charge in [-0.15, -0.1) is 0 Å². The fraction of sp³-hybridized carbons (Fsp3) is 0.375. The third-order valence-electron chi connectivity index (χ3n) is 7.90. The summed E-state index contributed by atoms with van der Waals surface area (Å²) in [6, 6.07) is 15.2. The Labute approximate surface area is 269 Å². The Kier molecular flexibility index (Phi) is 11.0. The van der Waals surface area contributed by atoms with Gasteiger partial charge in [0.15, 0.2) is 0 Å². The Hall–Kier alpha value is -2.78. The van der Waals surface area contributed by atoms with Crippen molar-refractivity contribution in [3.8, 4) is 0 Å². The van der Waals surface area contributed by atoms with E-state index < -0.39 is 28.5 Å². The van der Waals surface area contributed by atoms with Crippen LogP contribution in [0, 0.1) is 13.8 Å². The van der Waals surface area contributed by atoms with Crippen LogP contribution in [-0.4, -0.2) is 43.8 Å². The summed E-state index contributed by atoms with van der Waals surface area (Å²) in [5.74, 6) is -0.818. The summed E-state index contributed by atoms with van der Waals surface area (Å²) in [6.07, 6.45) is 4.18. The maximum absolute atomic E-state index is 14.3. The van der Waals surface area contributed by atoms with E-state index in [4.69, 9.17) is 34.8 Å². The number of carbonyl (C=O) groups excluding carboxylic acids is 2. The zero-order valence-electron chi connectivity index (χ0n) is 24.4. The van der Waals surface area contributed by atoms with Crippen LogP contribution in [-0.2, 0) is 26.2 Å². The molecule has 1 saturated carbocycles. The van der Waals surface area contributed by atoms with Gasteiger partial charge in [-0.3, -0.25) is 13.9 Å². The SMILES string of the molecule is CC[C@H](C(=O)NC1CCCC1)N(Cc1ccc(Cl)cc1Cl)C(=O)CN(c1ccc(C)c(C)c1)S(=O)(=O)c1ccc(Cl)cc1. The van der Waals surface area contributed by atoms with Gasteiger partial charge in [-0.25, -0.2) is 8.42 Å². The van der Waals surface area contributed by atoms with Crippen LogP contribution in [0.2, 0.25) is 15.1 Å². The Bertz CT molecular complexity index is 1580. The van der Waals surface area contributed by atoms with Crippen molar-refractivity contribution in [2.75, 3.05) is 10.8 Å². The first-order valence-corrected chi connectivity index (χ1v) is 16.9. The van der Waals surface area contributed by atoms with Crippen LogP contribution in [0.15, 0.2) is 65.6 Å². The van der Waals surface area contributed by atoms with Crippen LogP contribution in [0.1, 0.15) is 55.7 Å². The lowest BCUT2D eigenvalue weighted by molar-refractivity contribution is -0.140. The predicted molar refractivity (Wildman–Crippen MR) is 173 cm³/mol. The molecule has 1 fully saturated rings. The predicted octanol–water partition coefficient (Wildman–Crippen LogP) is 7.33. The number of aryl methyl sites for hydroxylation is 2. The summed E-state index contributed by atoms with van der Waals surface area (Å²) in [7, 11) is -4.20. The molecule has 1 N–H and O–H groups in total. The third-order valence-corrected chi connectivity index (χ3v) is 10.5. The first-order valence-electron chi connectivity index (χ1n) is 14.3. The summed E-state index contributed by atoms with van der Waals surface area (Å²) in [4.78, 5) is 29.3. The highest BCUT2D eigenvalue weighted by Gasteiger charge is 2.35. The van der Waals surface area contributed by atoms with Crippen molar-refractivity contribution in [2.45, 2.75) is 76.4 Å². The normalized spacial score (nSPS) is 14.4. The quantitative estimate of drug-likeness (QED) is 0.233. The number of hydrogen-bond donors (Lipinski definition) is 1. The second kappa shape index (κ2) is 14.3. The molecule has 0 aromatic heterocycles. The highest BCUT2D eigenvalue weighted by Crippen LogP contribution is 2.29. The van der Waals surface area contributed by atoms with E-state index in [0.29, 0.717) is 32.7 Å². The Balaban J connectivity index is 1.75. The third kappa shape index (κ3) is 8.04. The minimum absolute atomic E-state index is 0.00676. The van der Waals surface area contributed by atoms with E-state index in [1.165, 1.54) is 29.2 Å². The Morgan fingerprint density at radius 1 is 0.907 bits per heavy atom. The number of sulfonamides is 1. The Morgan fingerprint density at radius 3 is 2.16 bits per heavy atom. The van der Waals surface area contributed by atoms with Gasteiger partial charge in [0.05, 0.1) is 10.6 Å². The number of hydrogen-bond acceptors (Lipinski definition) is 4. The van der Waals surface area contributed by atoms with Gasteiger partial charge in [0.1, 0.15) is 12.6 Å². The molecule has 0 bridgehead atoms. The van der Waals surface area contributed by atoms with E-state index in [1.54, 1.807) is 30.3 Å². The van der Waals surface area contributed by atoms with E-state index in [0.717, 1.165) is 41.1 Å². The molecule has 0 unspecified atom stereocenters. The van der Waals surface area contributed by atoms with E-state index in [1.807, 2.05) is 26.8 Å². The molecule has 1 aliphatic carbocycles. The fourth-order valence-corrected chi connectivity index (χ4v) is 7.26. The van der Waals surface area contributed by atoms with Crippen LogP contribution in [0.5, 0.6) is 0 Å². The Morgan fingerprint density at radius 2 is 1.56 bits per heavy atom. The average molecular weight is 665 g/mol. The zero-order valence-corrected chi connectivity index (χ0v) is 27.5. The molecule has 0 aliphatic heterocycles. The summed E-state index contributed by atoms with van der Waals surface area (Å²) in [5, 5.41) is 4.27. The van der Waals surface area contributed by atoms with Crippen molar-refractivity contribution in [2.24, 2.45) is 0 Å². The van der Waals surface area contributed by atoms with Crippen LogP contribution in [0.3, 0.4) is 0 Å². The van der Waals surface area contributed by atoms with Crippen molar-refractivity contribution < 1.29 is 18.0 Å². The van der Waals surface area contributed by atoms with Crippen molar-refractivity contribution >= 4 is 62.3 Å². The van der Waals surface area contributed by atoms with E-state index in [2.05, 4.69) is 5.32 Å². The fourth-order valence-electron chi connectivity index (χ4n) is 5.26. The molecule has 0 saturated heterocycles. The average Bonchev–Trinajstić information content (AvgIpc) is 3.47. The molecule has 3 aromatic carbocycles. The minimum Gasteiger partial charge on any atom is -0.352 e. The number of anilines is 1. The second-order valence-electron chi connectivity index (χ2n) is 10.9. The highest BCUT2D eigenvalue weighted by atomic mass is 35.5. The molecular weight excluding hydrogens is 629 g/mol. The molecule has 7 nitrogen and oxygen atoms in total. The van der Waals surface area contributed by atoms with E-state index >= 15 is 0 Å². The van der Waals surface area contributed by atoms with Crippen LogP contribution in [0.25, 0.3) is 0 Å². The zero-order chi connectivity index (χ0) is 31.3. The molecule has 0 radical (unpaired) electrons. The first-order chi connectivity index (χ1) is 20.4. The maximum Gasteiger partial charge on any atom is 0.264 e.